The van der Waals surface area contributed by atoms with E-state index in [4.69, 9.17) is 4.74 Å². The zero-order chi connectivity index (χ0) is 6.81. The van der Waals surface area contributed by atoms with Crippen molar-refractivity contribution in [2.45, 2.75) is 6.42 Å². The van der Waals surface area contributed by atoms with Crippen molar-refractivity contribution in [1.82, 2.24) is 5.32 Å². The van der Waals surface area contributed by atoms with Crippen molar-refractivity contribution in [1.29, 1.82) is 0 Å². The maximum absolute atomic E-state index is 5.17. The number of rotatable bonds is 0. The van der Waals surface area contributed by atoms with Crippen LogP contribution in [-0.4, -0.2) is 19.7 Å². The first kappa shape index (κ1) is 5.98. The Morgan fingerprint density at radius 3 is 3.40 bits per heavy atom. The molecule has 0 saturated carbocycles. The van der Waals surface area contributed by atoms with Crippen LogP contribution < -0.4 is 5.32 Å². The lowest BCUT2D eigenvalue weighted by atomic mass is 10.0. The molecule has 0 amide bonds. The maximum atomic E-state index is 5.17. The van der Waals surface area contributed by atoms with Gasteiger partial charge in [-0.05, 0) is 30.2 Å². The molecule has 0 spiro atoms. The lowest BCUT2D eigenvalue weighted by Crippen LogP contribution is -2.26. The van der Waals surface area contributed by atoms with E-state index in [1.54, 1.807) is 6.26 Å². The van der Waals surface area contributed by atoms with E-state index in [2.05, 4.69) is 11.4 Å². The third-order valence-corrected chi connectivity index (χ3v) is 2.00. The molecule has 2 heterocycles. The Labute approximate surface area is 60.6 Å². The van der Waals surface area contributed by atoms with E-state index in [0.29, 0.717) is 0 Å². The van der Waals surface area contributed by atoms with E-state index in [1.165, 1.54) is 11.1 Å². The second-order valence-corrected chi connectivity index (χ2v) is 2.67. The molecule has 0 fully saturated rings. The predicted molar refractivity (Wildman–Crippen MR) is 39.6 cm³/mol. The van der Waals surface area contributed by atoms with Gasteiger partial charge >= 0.3 is 0 Å². The summed E-state index contributed by atoms with van der Waals surface area (Å²) in [5, 5.41) is 3.32. The molecule has 0 unspecified atom stereocenters. The largest absolute Gasteiger partial charge is 0.497 e. The Balaban J connectivity index is 2.23. The molecule has 0 aliphatic carbocycles. The molecule has 2 rings (SSSR count). The molecule has 0 saturated heterocycles. The molecule has 0 radical (unpaired) electrons. The Morgan fingerprint density at radius 2 is 2.50 bits per heavy atom. The van der Waals surface area contributed by atoms with E-state index >= 15 is 0 Å². The molecule has 10 heavy (non-hydrogen) atoms. The van der Waals surface area contributed by atoms with Crippen LogP contribution >= 0.6 is 0 Å². The van der Waals surface area contributed by atoms with Gasteiger partial charge < -0.3 is 10.1 Å². The van der Waals surface area contributed by atoms with Crippen LogP contribution in [0.5, 0.6) is 0 Å². The quantitative estimate of drug-likeness (QED) is 0.533. The lowest BCUT2D eigenvalue weighted by Gasteiger charge is -2.21. The van der Waals surface area contributed by atoms with Crippen LogP contribution in [-0.2, 0) is 4.74 Å². The number of nitrogens with one attached hydrogen (secondary N) is 1. The summed E-state index contributed by atoms with van der Waals surface area (Å²) in [7, 11) is 0. The standard InChI is InChI=1S/C8H11NO/c1-3-9-5-7-2-4-10-6-8(1)7/h2,4,9H,1,3,5-6H2. The van der Waals surface area contributed by atoms with Gasteiger partial charge in [-0.25, -0.2) is 0 Å². The van der Waals surface area contributed by atoms with Gasteiger partial charge in [0.25, 0.3) is 0 Å². The summed E-state index contributed by atoms with van der Waals surface area (Å²) in [6, 6.07) is 0. The normalized spacial score (nSPS) is 24.0. The van der Waals surface area contributed by atoms with Gasteiger partial charge in [-0.2, -0.15) is 0 Å². The summed E-state index contributed by atoms with van der Waals surface area (Å²) in [6.45, 7) is 2.94. The van der Waals surface area contributed by atoms with Crippen LogP contribution in [0.15, 0.2) is 23.5 Å². The SMILES string of the molecule is C1=CC2=C(CCNC2)CO1. The first-order chi connectivity index (χ1) is 4.97. The topological polar surface area (TPSA) is 21.3 Å². The number of hydrogen-bond acceptors (Lipinski definition) is 2. The molecule has 0 aromatic carbocycles. The molecule has 2 heteroatoms. The van der Waals surface area contributed by atoms with E-state index in [0.717, 1.165) is 26.1 Å². The average Bonchev–Trinajstić information content (AvgIpc) is 2.05. The summed E-state index contributed by atoms with van der Waals surface area (Å²) < 4.78 is 5.17. The average molecular weight is 137 g/mol. The van der Waals surface area contributed by atoms with Crippen LogP contribution in [0.1, 0.15) is 6.42 Å². The van der Waals surface area contributed by atoms with Gasteiger partial charge in [-0.15, -0.1) is 0 Å². The van der Waals surface area contributed by atoms with Crippen molar-refractivity contribution in [2.75, 3.05) is 19.7 Å². The Kier molecular flexibility index (Phi) is 1.47. The highest BCUT2D eigenvalue weighted by molar-refractivity contribution is 5.30. The second-order valence-electron chi connectivity index (χ2n) is 2.67. The molecule has 0 aromatic rings. The third kappa shape index (κ3) is 0.948. The van der Waals surface area contributed by atoms with Gasteiger partial charge in [-0.1, -0.05) is 0 Å². The highest BCUT2D eigenvalue weighted by Crippen LogP contribution is 2.17. The fraction of sp³-hybridized carbons (Fsp3) is 0.500. The summed E-state index contributed by atoms with van der Waals surface area (Å²) >= 11 is 0. The van der Waals surface area contributed by atoms with Crippen molar-refractivity contribution >= 4 is 0 Å². The minimum Gasteiger partial charge on any atom is -0.497 e. The molecule has 2 aliphatic rings. The van der Waals surface area contributed by atoms with Gasteiger partial charge in [-0.3, -0.25) is 0 Å². The molecule has 2 nitrogen and oxygen atoms in total. The monoisotopic (exact) mass is 137 g/mol. The molecule has 0 bridgehead atoms. The predicted octanol–water partition coefficient (Wildman–Crippen LogP) is 0.820. The molecule has 1 N–H and O–H groups in total. The van der Waals surface area contributed by atoms with Gasteiger partial charge in [0.1, 0.15) is 6.61 Å². The zero-order valence-corrected chi connectivity index (χ0v) is 5.89. The van der Waals surface area contributed by atoms with Gasteiger partial charge in [0, 0.05) is 6.54 Å². The molecular weight excluding hydrogens is 126 g/mol. The minimum absolute atomic E-state index is 0.813. The fourth-order valence-electron chi connectivity index (χ4n) is 1.37. The van der Waals surface area contributed by atoms with Crippen LogP contribution in [0.3, 0.4) is 0 Å². The molecule has 54 valence electrons. The smallest absolute Gasteiger partial charge is 0.109 e. The fourth-order valence-corrected chi connectivity index (χ4v) is 1.37. The van der Waals surface area contributed by atoms with Crippen LogP contribution in [0.2, 0.25) is 0 Å². The lowest BCUT2D eigenvalue weighted by molar-refractivity contribution is 0.267. The summed E-state index contributed by atoms with van der Waals surface area (Å²) in [5.74, 6) is 0. The van der Waals surface area contributed by atoms with E-state index in [9.17, 15) is 0 Å². The van der Waals surface area contributed by atoms with E-state index in [-0.39, 0.29) is 0 Å². The Bertz CT molecular complexity index is 193. The van der Waals surface area contributed by atoms with Crippen molar-refractivity contribution in [3.05, 3.63) is 23.5 Å². The van der Waals surface area contributed by atoms with Crippen molar-refractivity contribution in [3.8, 4) is 0 Å². The Morgan fingerprint density at radius 1 is 1.50 bits per heavy atom. The maximum Gasteiger partial charge on any atom is 0.109 e. The first-order valence-electron chi connectivity index (χ1n) is 3.66. The van der Waals surface area contributed by atoms with Gasteiger partial charge in [0.15, 0.2) is 0 Å². The van der Waals surface area contributed by atoms with Crippen molar-refractivity contribution in [3.63, 3.8) is 0 Å². The van der Waals surface area contributed by atoms with Gasteiger partial charge in [0.05, 0.1) is 6.26 Å². The number of hydrogen-bond donors (Lipinski definition) is 1. The van der Waals surface area contributed by atoms with Crippen molar-refractivity contribution < 1.29 is 4.74 Å². The number of ether oxygens (including phenoxy) is 1. The second kappa shape index (κ2) is 2.46. The molecule has 2 aliphatic heterocycles. The third-order valence-electron chi connectivity index (χ3n) is 2.00. The van der Waals surface area contributed by atoms with Gasteiger partial charge in [0.2, 0.25) is 0 Å². The molecule has 0 atom stereocenters. The molecular formula is C8H11NO. The summed E-state index contributed by atoms with van der Waals surface area (Å²) in [4.78, 5) is 0. The molecule has 0 aromatic heterocycles. The summed E-state index contributed by atoms with van der Waals surface area (Å²) in [5.41, 5.74) is 2.90. The minimum atomic E-state index is 0.813. The van der Waals surface area contributed by atoms with Crippen molar-refractivity contribution in [2.24, 2.45) is 0 Å². The highest BCUT2D eigenvalue weighted by Gasteiger charge is 2.12. The zero-order valence-electron chi connectivity index (χ0n) is 5.89. The van der Waals surface area contributed by atoms with E-state index in [1.807, 2.05) is 0 Å². The van der Waals surface area contributed by atoms with E-state index < -0.39 is 0 Å². The summed E-state index contributed by atoms with van der Waals surface area (Å²) in [6.07, 6.45) is 5.00. The highest BCUT2D eigenvalue weighted by atomic mass is 16.5. The van der Waals surface area contributed by atoms with Crippen LogP contribution in [0, 0.1) is 0 Å². The van der Waals surface area contributed by atoms with Crippen LogP contribution in [0.25, 0.3) is 0 Å². The van der Waals surface area contributed by atoms with Crippen LogP contribution in [0.4, 0.5) is 0 Å². The first-order valence-corrected chi connectivity index (χ1v) is 3.66. The Hall–Kier alpha value is -0.760.